The molecule has 8 nitrogen and oxygen atoms in total. The summed E-state index contributed by atoms with van der Waals surface area (Å²) in [5.41, 5.74) is 2.41. The Kier molecular flexibility index (Phi) is 6.30. The van der Waals surface area contributed by atoms with Gasteiger partial charge in [0.1, 0.15) is 23.6 Å². The third kappa shape index (κ3) is 4.55. The van der Waals surface area contributed by atoms with E-state index in [1.165, 1.54) is 72.5 Å². The van der Waals surface area contributed by atoms with Crippen LogP contribution in [0.15, 0.2) is 87.2 Å². The Labute approximate surface area is 217 Å². The first-order valence-corrected chi connectivity index (χ1v) is 13.0. The number of fused-ring (bicyclic) bond motifs is 1. The number of halogens is 1. The van der Waals surface area contributed by atoms with Crippen molar-refractivity contribution in [1.82, 2.24) is 9.72 Å². The van der Waals surface area contributed by atoms with E-state index in [0.29, 0.717) is 27.6 Å². The van der Waals surface area contributed by atoms with E-state index in [1.54, 1.807) is 19.1 Å². The van der Waals surface area contributed by atoms with Gasteiger partial charge in [-0.15, -0.1) is 0 Å². The zero-order chi connectivity index (χ0) is 27.0. The van der Waals surface area contributed by atoms with E-state index in [9.17, 15) is 22.9 Å². The minimum Gasteiger partial charge on any atom is -0.495 e. The second-order valence-electron chi connectivity index (χ2n) is 8.68. The molecule has 5 aromatic rings. The predicted octanol–water partition coefficient (Wildman–Crippen LogP) is 4.95. The van der Waals surface area contributed by atoms with Crippen molar-refractivity contribution in [3.8, 4) is 28.6 Å². The van der Waals surface area contributed by atoms with Crippen LogP contribution in [-0.2, 0) is 15.6 Å². The van der Waals surface area contributed by atoms with Gasteiger partial charge in [0.15, 0.2) is 9.84 Å². The van der Waals surface area contributed by atoms with E-state index in [2.05, 4.69) is 11.2 Å². The minimum atomic E-state index is -3.74. The maximum Gasteiger partial charge on any atom is 0.255 e. The topological polar surface area (TPSA) is 115 Å². The summed E-state index contributed by atoms with van der Waals surface area (Å²) in [6.07, 6.45) is 1.30. The van der Waals surface area contributed by atoms with Gasteiger partial charge in [0.05, 0.1) is 40.5 Å². The number of nitriles is 1. The van der Waals surface area contributed by atoms with Gasteiger partial charge < -0.3 is 9.26 Å². The summed E-state index contributed by atoms with van der Waals surface area (Å²) in [6, 6.07) is 18.4. The molecule has 3 aromatic carbocycles. The number of hydrogen-bond acceptors (Lipinski definition) is 7. The van der Waals surface area contributed by atoms with Crippen LogP contribution in [0.4, 0.5) is 4.39 Å². The zero-order valence-corrected chi connectivity index (χ0v) is 21.1. The summed E-state index contributed by atoms with van der Waals surface area (Å²) >= 11 is 0. The van der Waals surface area contributed by atoms with E-state index in [4.69, 9.17) is 9.26 Å². The molecule has 0 saturated heterocycles. The summed E-state index contributed by atoms with van der Waals surface area (Å²) in [7, 11) is -2.31. The summed E-state index contributed by atoms with van der Waals surface area (Å²) in [6.45, 7) is 1.75. The lowest BCUT2D eigenvalue weighted by atomic mass is 9.97. The summed E-state index contributed by atoms with van der Waals surface area (Å²) in [5, 5.41) is 14.1. The first kappa shape index (κ1) is 24.9. The molecule has 0 amide bonds. The molecule has 0 bridgehead atoms. The van der Waals surface area contributed by atoms with Crippen LogP contribution in [0.3, 0.4) is 0 Å². The molecule has 190 valence electrons. The Balaban J connectivity index is 1.68. The number of aromatic nitrogens is 2. The average molecular weight is 530 g/mol. The second-order valence-corrected chi connectivity index (χ2v) is 10.7. The molecule has 0 unspecified atom stereocenters. The van der Waals surface area contributed by atoms with Crippen LogP contribution in [-0.4, -0.2) is 25.3 Å². The standard InChI is InChI=1S/C28H20FN3O5S/c1-17-9-19(11-21(29)10-17)24-14-27(36-2)26(13-20(24)15-30)32-25-5-4-23(12-18(25)3-6-28(32)33)38(34,35)16-22-7-8-37-31-22/h3-14H,16H2,1-2H3. The van der Waals surface area contributed by atoms with Gasteiger partial charge >= 0.3 is 0 Å². The number of methoxy groups -OCH3 is 1. The quantitative estimate of drug-likeness (QED) is 0.306. The molecule has 0 aliphatic carbocycles. The van der Waals surface area contributed by atoms with E-state index >= 15 is 0 Å². The van der Waals surface area contributed by atoms with Gasteiger partial charge in [0.2, 0.25) is 0 Å². The van der Waals surface area contributed by atoms with Gasteiger partial charge in [-0.25, -0.2) is 12.8 Å². The SMILES string of the molecule is COc1cc(-c2cc(C)cc(F)c2)c(C#N)cc1-n1c(=O)ccc2cc(S(=O)(=O)Cc3ccon3)ccc21. The van der Waals surface area contributed by atoms with E-state index in [1.807, 2.05) is 0 Å². The van der Waals surface area contributed by atoms with Crippen molar-refractivity contribution in [2.24, 2.45) is 0 Å². The molecule has 0 saturated carbocycles. The lowest BCUT2D eigenvalue weighted by molar-refractivity contribution is 0.413. The number of pyridine rings is 1. The number of benzene rings is 3. The Hall–Kier alpha value is -4.75. The Morgan fingerprint density at radius 3 is 2.58 bits per heavy atom. The van der Waals surface area contributed by atoms with E-state index in [-0.39, 0.29) is 33.3 Å². The lowest BCUT2D eigenvalue weighted by Crippen LogP contribution is -2.18. The van der Waals surface area contributed by atoms with Gasteiger partial charge in [-0.1, -0.05) is 11.2 Å². The lowest BCUT2D eigenvalue weighted by Gasteiger charge is -2.17. The van der Waals surface area contributed by atoms with Crippen LogP contribution in [0.2, 0.25) is 0 Å². The first-order chi connectivity index (χ1) is 18.2. The van der Waals surface area contributed by atoms with Crippen molar-refractivity contribution in [2.75, 3.05) is 7.11 Å². The van der Waals surface area contributed by atoms with Crippen molar-refractivity contribution in [2.45, 2.75) is 17.6 Å². The molecule has 0 atom stereocenters. The molecule has 10 heteroatoms. The first-order valence-electron chi connectivity index (χ1n) is 11.4. The molecule has 0 radical (unpaired) electrons. The zero-order valence-electron chi connectivity index (χ0n) is 20.3. The van der Waals surface area contributed by atoms with Crippen molar-refractivity contribution in [3.63, 3.8) is 0 Å². The molecule has 5 rings (SSSR count). The third-order valence-corrected chi connectivity index (χ3v) is 7.74. The number of hydrogen-bond donors (Lipinski definition) is 0. The van der Waals surface area contributed by atoms with Crippen LogP contribution in [0.25, 0.3) is 27.7 Å². The second kappa shape index (κ2) is 9.61. The number of rotatable bonds is 6. The number of aryl methyl sites for hydroxylation is 1. The smallest absolute Gasteiger partial charge is 0.255 e. The van der Waals surface area contributed by atoms with Gasteiger partial charge in [0, 0.05) is 23.1 Å². The fraction of sp³-hybridized carbons (Fsp3) is 0.107. The van der Waals surface area contributed by atoms with Gasteiger partial charge in [-0.3, -0.25) is 9.36 Å². The van der Waals surface area contributed by atoms with Crippen molar-refractivity contribution < 1.29 is 22.1 Å². The van der Waals surface area contributed by atoms with Crippen molar-refractivity contribution in [3.05, 3.63) is 106 Å². The highest BCUT2D eigenvalue weighted by Crippen LogP contribution is 2.35. The monoisotopic (exact) mass is 529 g/mol. The minimum absolute atomic E-state index is 0.0553. The van der Waals surface area contributed by atoms with Gasteiger partial charge in [0.25, 0.3) is 5.56 Å². The average Bonchev–Trinajstić information content (AvgIpc) is 3.39. The number of nitrogens with zero attached hydrogens (tertiary/aromatic N) is 3. The molecular formula is C28H20FN3O5S. The molecule has 0 spiro atoms. The highest BCUT2D eigenvalue weighted by molar-refractivity contribution is 7.90. The molecular weight excluding hydrogens is 509 g/mol. The maximum atomic E-state index is 14.1. The van der Waals surface area contributed by atoms with Crippen LogP contribution in [0.5, 0.6) is 5.75 Å². The van der Waals surface area contributed by atoms with Crippen LogP contribution < -0.4 is 10.3 Å². The van der Waals surface area contributed by atoms with Crippen molar-refractivity contribution in [1.29, 1.82) is 5.26 Å². The van der Waals surface area contributed by atoms with Crippen LogP contribution >= 0.6 is 0 Å². The predicted molar refractivity (Wildman–Crippen MR) is 138 cm³/mol. The summed E-state index contributed by atoms with van der Waals surface area (Å²) in [4.78, 5) is 13.1. The fourth-order valence-electron chi connectivity index (χ4n) is 4.39. The fourth-order valence-corrected chi connectivity index (χ4v) is 5.67. The Morgan fingerprint density at radius 1 is 1.08 bits per heavy atom. The van der Waals surface area contributed by atoms with E-state index in [0.717, 1.165) is 0 Å². The summed E-state index contributed by atoms with van der Waals surface area (Å²) < 4.78 is 51.7. The van der Waals surface area contributed by atoms with Crippen LogP contribution in [0, 0.1) is 24.1 Å². The summed E-state index contributed by atoms with van der Waals surface area (Å²) in [5.74, 6) is -0.501. The number of sulfone groups is 1. The Morgan fingerprint density at radius 2 is 1.89 bits per heavy atom. The molecule has 0 fully saturated rings. The molecule has 0 aliphatic heterocycles. The van der Waals surface area contributed by atoms with Crippen LogP contribution in [0.1, 0.15) is 16.8 Å². The molecule has 0 N–H and O–H groups in total. The normalized spacial score (nSPS) is 11.4. The Bertz CT molecular complexity index is 1890. The maximum absolute atomic E-state index is 14.1. The number of ether oxygens (including phenoxy) is 1. The highest BCUT2D eigenvalue weighted by Gasteiger charge is 2.20. The molecule has 2 aromatic heterocycles. The highest BCUT2D eigenvalue weighted by atomic mass is 32.2. The van der Waals surface area contributed by atoms with Gasteiger partial charge in [-0.2, -0.15) is 5.26 Å². The van der Waals surface area contributed by atoms with E-state index < -0.39 is 21.2 Å². The largest absolute Gasteiger partial charge is 0.495 e. The molecule has 38 heavy (non-hydrogen) atoms. The third-order valence-electron chi connectivity index (χ3n) is 6.09. The molecule has 0 aliphatic rings. The van der Waals surface area contributed by atoms with Gasteiger partial charge in [-0.05, 0) is 66.6 Å². The van der Waals surface area contributed by atoms with Crippen molar-refractivity contribution >= 4 is 20.7 Å². The molecule has 2 heterocycles.